The number of benzene rings is 2. The van der Waals surface area contributed by atoms with E-state index in [2.05, 4.69) is 17.6 Å². The smallest absolute Gasteiger partial charge is 0.307 e. The maximum absolute atomic E-state index is 13.4. The highest BCUT2D eigenvalue weighted by molar-refractivity contribution is 5.70. The minimum Gasteiger partial charge on any atom is -0.504 e. The Kier molecular flexibility index (Phi) is 7.78. The predicted molar refractivity (Wildman–Crippen MR) is 105 cm³/mol. The quantitative estimate of drug-likeness (QED) is 0.370. The highest BCUT2D eigenvalue weighted by Crippen LogP contribution is 2.28. The number of rotatable bonds is 10. The van der Waals surface area contributed by atoms with Crippen molar-refractivity contribution in [2.75, 3.05) is 25.0 Å². The van der Waals surface area contributed by atoms with Gasteiger partial charge in [0.05, 0.1) is 17.7 Å². The molecule has 2 rings (SSSR count). The molecule has 0 fully saturated rings. The van der Waals surface area contributed by atoms with E-state index in [0.717, 1.165) is 36.2 Å². The first-order valence-corrected chi connectivity index (χ1v) is 9.08. The lowest BCUT2D eigenvalue weighted by Crippen LogP contribution is -2.23. The Labute approximate surface area is 163 Å². The third-order valence-electron chi connectivity index (χ3n) is 4.37. The van der Waals surface area contributed by atoms with Gasteiger partial charge in [0.25, 0.3) is 0 Å². The van der Waals surface area contributed by atoms with Crippen molar-refractivity contribution in [3.63, 3.8) is 0 Å². The molecule has 0 aliphatic heterocycles. The monoisotopic (exact) mass is 385 g/mol. The maximum Gasteiger partial charge on any atom is 0.307 e. The largest absolute Gasteiger partial charge is 0.504 e. The van der Waals surface area contributed by atoms with Gasteiger partial charge in [0.15, 0.2) is 5.75 Å². The molecule has 2 aromatic rings. The molecule has 28 heavy (non-hydrogen) atoms. The van der Waals surface area contributed by atoms with Crippen molar-refractivity contribution in [1.29, 1.82) is 5.26 Å². The molecule has 0 saturated heterocycles. The van der Waals surface area contributed by atoms with Crippen molar-refractivity contribution >= 4 is 11.7 Å². The van der Waals surface area contributed by atoms with Gasteiger partial charge in [-0.3, -0.25) is 4.79 Å². The van der Waals surface area contributed by atoms with Crippen molar-refractivity contribution in [3.05, 3.63) is 58.9 Å². The van der Waals surface area contributed by atoms with E-state index < -0.39 is 11.8 Å². The summed E-state index contributed by atoms with van der Waals surface area (Å²) in [6, 6.07) is 11.5. The number of nitrogens with zero attached hydrogens (tertiary/aromatic N) is 1. The number of nitriles is 1. The number of nitrogens with one attached hydrogen (secondary N) is 2. The summed E-state index contributed by atoms with van der Waals surface area (Å²) in [6.07, 6.45) is 0.754. The fraction of sp³-hybridized carbons (Fsp3) is 0.333. The number of hydrogen-bond donors (Lipinski definition) is 4. The molecule has 0 radical (unpaired) electrons. The number of anilines is 1. The topological polar surface area (TPSA) is 105 Å². The second kappa shape index (κ2) is 10.3. The zero-order valence-corrected chi connectivity index (χ0v) is 15.7. The molecule has 148 valence electrons. The van der Waals surface area contributed by atoms with E-state index in [0.29, 0.717) is 13.1 Å². The van der Waals surface area contributed by atoms with Gasteiger partial charge in [-0.25, -0.2) is 4.39 Å². The van der Waals surface area contributed by atoms with Crippen molar-refractivity contribution in [2.45, 2.75) is 25.7 Å². The van der Waals surface area contributed by atoms with Gasteiger partial charge in [-0.1, -0.05) is 31.2 Å². The second-order valence-electron chi connectivity index (χ2n) is 6.66. The number of phenolic OH excluding ortho intramolecular Hbond substituents is 1. The van der Waals surface area contributed by atoms with Crippen LogP contribution in [0.2, 0.25) is 0 Å². The van der Waals surface area contributed by atoms with Crippen LogP contribution in [-0.4, -0.2) is 35.8 Å². The maximum atomic E-state index is 13.4. The van der Waals surface area contributed by atoms with Crippen LogP contribution in [0, 0.1) is 17.1 Å². The zero-order valence-electron chi connectivity index (χ0n) is 15.7. The molecule has 0 aliphatic rings. The first-order valence-electron chi connectivity index (χ1n) is 9.08. The minimum atomic E-state index is -0.846. The van der Waals surface area contributed by atoms with Gasteiger partial charge in [0, 0.05) is 19.2 Å². The summed E-state index contributed by atoms with van der Waals surface area (Å²) in [6.45, 7) is 4.03. The minimum absolute atomic E-state index is 0.0140. The highest BCUT2D eigenvalue weighted by atomic mass is 19.1. The van der Waals surface area contributed by atoms with E-state index in [1.54, 1.807) is 6.07 Å². The fourth-order valence-electron chi connectivity index (χ4n) is 2.88. The zero-order chi connectivity index (χ0) is 20.5. The van der Waals surface area contributed by atoms with E-state index in [4.69, 9.17) is 10.4 Å². The highest BCUT2D eigenvalue weighted by Gasteiger charge is 2.10. The summed E-state index contributed by atoms with van der Waals surface area (Å²) in [7, 11) is 0. The SMILES string of the molecule is CC(CNCCCNc1cc(F)cc(C#N)c1O)c1cccc(CC(=O)O)c1. The standard InChI is InChI=1S/C21H24FN3O3/c1-14(16-5-2-4-15(8-16)9-20(26)27)13-24-6-3-7-25-19-11-18(22)10-17(12-23)21(19)28/h2,4-5,8,10-11,14,24-25,28H,3,6-7,9,13H2,1H3,(H,26,27). The third kappa shape index (κ3) is 6.25. The van der Waals surface area contributed by atoms with Crippen molar-refractivity contribution in [2.24, 2.45) is 0 Å². The molecule has 4 N–H and O–H groups in total. The summed E-state index contributed by atoms with van der Waals surface area (Å²) in [5, 5.41) is 33.9. The van der Waals surface area contributed by atoms with Gasteiger partial charge in [0.2, 0.25) is 0 Å². The average molecular weight is 385 g/mol. The number of hydrogen-bond acceptors (Lipinski definition) is 5. The Morgan fingerprint density at radius 1 is 1.29 bits per heavy atom. The summed E-state index contributed by atoms with van der Waals surface area (Å²) in [5.74, 6) is -1.44. The van der Waals surface area contributed by atoms with Crippen molar-refractivity contribution in [1.82, 2.24) is 5.32 Å². The first kappa shape index (κ1) is 21.2. The third-order valence-corrected chi connectivity index (χ3v) is 4.37. The van der Waals surface area contributed by atoms with Crippen LogP contribution in [0.15, 0.2) is 36.4 Å². The molecule has 0 amide bonds. The van der Waals surface area contributed by atoms with E-state index in [1.165, 1.54) is 0 Å². The summed E-state index contributed by atoms with van der Waals surface area (Å²) in [5.41, 5.74) is 1.98. The number of carbonyl (C=O) groups is 1. The number of halogens is 1. The Bertz CT molecular complexity index is 864. The molecule has 0 aliphatic carbocycles. The normalized spacial score (nSPS) is 11.6. The molecular weight excluding hydrogens is 361 g/mol. The predicted octanol–water partition coefficient (Wildman–Crippen LogP) is 3.23. The molecule has 1 unspecified atom stereocenters. The van der Waals surface area contributed by atoms with E-state index in [-0.39, 0.29) is 29.3 Å². The van der Waals surface area contributed by atoms with Crippen LogP contribution in [0.5, 0.6) is 5.75 Å². The van der Waals surface area contributed by atoms with Gasteiger partial charge in [-0.2, -0.15) is 5.26 Å². The van der Waals surface area contributed by atoms with E-state index in [9.17, 15) is 14.3 Å². The average Bonchev–Trinajstić information content (AvgIpc) is 2.66. The van der Waals surface area contributed by atoms with Crippen LogP contribution in [0.4, 0.5) is 10.1 Å². The summed E-state index contributed by atoms with van der Waals surface area (Å²) >= 11 is 0. The van der Waals surface area contributed by atoms with Gasteiger partial charge in [-0.05, 0) is 36.1 Å². The lowest BCUT2D eigenvalue weighted by atomic mass is 9.98. The molecular formula is C21H24FN3O3. The van der Waals surface area contributed by atoms with Crippen LogP contribution >= 0.6 is 0 Å². The van der Waals surface area contributed by atoms with Crippen LogP contribution < -0.4 is 10.6 Å². The molecule has 6 nitrogen and oxygen atoms in total. The van der Waals surface area contributed by atoms with Gasteiger partial charge < -0.3 is 20.8 Å². The van der Waals surface area contributed by atoms with Gasteiger partial charge >= 0.3 is 5.97 Å². The lowest BCUT2D eigenvalue weighted by molar-refractivity contribution is -0.136. The molecule has 0 bridgehead atoms. The van der Waals surface area contributed by atoms with Gasteiger partial charge in [0.1, 0.15) is 11.9 Å². The van der Waals surface area contributed by atoms with E-state index >= 15 is 0 Å². The lowest BCUT2D eigenvalue weighted by Gasteiger charge is -2.14. The van der Waals surface area contributed by atoms with Crippen molar-refractivity contribution < 1.29 is 19.4 Å². The summed E-state index contributed by atoms with van der Waals surface area (Å²) < 4.78 is 13.4. The Hall–Kier alpha value is -3.11. The number of aromatic hydroxyl groups is 1. The molecule has 0 spiro atoms. The number of carboxylic acids is 1. The fourth-order valence-corrected chi connectivity index (χ4v) is 2.88. The number of aliphatic carboxylic acids is 1. The molecule has 0 heterocycles. The summed E-state index contributed by atoms with van der Waals surface area (Å²) in [4.78, 5) is 10.8. The Morgan fingerprint density at radius 3 is 2.79 bits per heavy atom. The molecule has 1 atom stereocenters. The Morgan fingerprint density at radius 2 is 2.07 bits per heavy atom. The molecule has 2 aromatic carbocycles. The Balaban J connectivity index is 1.74. The molecule has 0 aromatic heterocycles. The van der Waals surface area contributed by atoms with Crippen LogP contribution in [0.25, 0.3) is 0 Å². The van der Waals surface area contributed by atoms with Crippen molar-refractivity contribution in [3.8, 4) is 11.8 Å². The number of carboxylic acid groups (broad SMARTS) is 1. The second-order valence-corrected chi connectivity index (χ2v) is 6.66. The number of phenols is 1. The van der Waals surface area contributed by atoms with Crippen LogP contribution in [0.3, 0.4) is 0 Å². The molecule has 0 saturated carbocycles. The van der Waals surface area contributed by atoms with E-state index in [1.807, 2.05) is 24.3 Å². The first-order chi connectivity index (χ1) is 13.4. The molecule has 7 heteroatoms. The van der Waals surface area contributed by atoms with Crippen LogP contribution in [0.1, 0.15) is 36.0 Å². The van der Waals surface area contributed by atoms with Crippen LogP contribution in [-0.2, 0) is 11.2 Å². The van der Waals surface area contributed by atoms with Gasteiger partial charge in [-0.15, -0.1) is 0 Å².